The Morgan fingerprint density at radius 1 is 1.07 bits per heavy atom. The number of carbonyl (C=O) groups is 1. The van der Waals surface area contributed by atoms with Crippen LogP contribution in [-0.4, -0.2) is 44.8 Å². The van der Waals surface area contributed by atoms with Crippen molar-refractivity contribution in [3.05, 3.63) is 78.1 Å². The maximum absolute atomic E-state index is 13.3. The molecule has 0 aliphatic carbocycles. The number of para-hydroxylation sites is 1. The lowest BCUT2D eigenvalue weighted by Gasteiger charge is -2.34. The Morgan fingerprint density at radius 3 is 2.31 bits per heavy atom. The molecule has 3 aromatic rings. The molecular weight excluding hydrogens is 382 g/mol. The van der Waals surface area contributed by atoms with E-state index in [0.717, 1.165) is 29.2 Å². The van der Waals surface area contributed by atoms with Gasteiger partial charge in [0.25, 0.3) is 5.91 Å². The summed E-state index contributed by atoms with van der Waals surface area (Å²) >= 11 is 1.53. The van der Waals surface area contributed by atoms with Crippen molar-refractivity contribution in [1.82, 2.24) is 14.5 Å². The van der Waals surface area contributed by atoms with Gasteiger partial charge in [0.2, 0.25) is 0 Å². The third-order valence-electron chi connectivity index (χ3n) is 5.56. The third kappa shape index (κ3) is 4.09. The maximum Gasteiger partial charge on any atom is 0.272 e. The molecule has 1 N–H and O–H groups in total. The molecule has 0 radical (unpaired) electrons. The van der Waals surface area contributed by atoms with Crippen LogP contribution in [0.15, 0.2) is 72.0 Å². The average molecular weight is 408 g/mol. The molecule has 150 valence electrons. The molecule has 4 rings (SSSR count). The molecular formula is C23H25N3O2S. The zero-order valence-corrected chi connectivity index (χ0v) is 17.3. The molecule has 1 saturated heterocycles. The van der Waals surface area contributed by atoms with Gasteiger partial charge in [0, 0.05) is 18.8 Å². The van der Waals surface area contributed by atoms with E-state index in [0.29, 0.717) is 18.8 Å². The topological polar surface area (TPSA) is 58.4 Å². The Hall–Kier alpha value is -2.57. The first-order chi connectivity index (χ1) is 14.2. The lowest BCUT2D eigenvalue weighted by atomic mass is 9.87. The lowest BCUT2D eigenvalue weighted by Crippen LogP contribution is -2.40. The number of amides is 1. The molecule has 1 atom stereocenters. The number of benzene rings is 2. The second kappa shape index (κ2) is 8.84. The first-order valence-corrected chi connectivity index (χ1v) is 11.1. The summed E-state index contributed by atoms with van der Waals surface area (Å²) in [6.07, 6.45) is 4.73. The number of carbonyl (C=O) groups excluding carboxylic acids is 1. The molecule has 0 bridgehead atoms. The fourth-order valence-electron chi connectivity index (χ4n) is 3.96. The second-order valence-electron chi connectivity index (χ2n) is 7.29. The normalized spacial score (nSPS) is 16.0. The van der Waals surface area contributed by atoms with Gasteiger partial charge >= 0.3 is 0 Å². The van der Waals surface area contributed by atoms with E-state index in [1.807, 2.05) is 76.4 Å². The van der Waals surface area contributed by atoms with Crippen molar-refractivity contribution in [3.63, 3.8) is 0 Å². The Bertz CT molecular complexity index is 951. The van der Waals surface area contributed by atoms with Crippen molar-refractivity contribution >= 4 is 17.7 Å². The van der Waals surface area contributed by atoms with E-state index in [1.54, 1.807) is 6.20 Å². The highest BCUT2D eigenvalue weighted by Gasteiger charge is 2.30. The monoisotopic (exact) mass is 407 g/mol. The maximum atomic E-state index is 13.3. The standard InChI is InChI=1S/C23H25N3O2S/c1-29-23-24-16-20(26(23)19-10-6-3-7-11-19)22(28)25-14-12-18(13-15-25)21(27)17-8-4-2-5-9-17/h2-11,16,18,21,27H,12-15H2,1H3/t21-/m1/s1. The largest absolute Gasteiger partial charge is 0.388 e. The summed E-state index contributed by atoms with van der Waals surface area (Å²) < 4.78 is 1.93. The summed E-state index contributed by atoms with van der Waals surface area (Å²) in [7, 11) is 0. The van der Waals surface area contributed by atoms with Gasteiger partial charge in [0.15, 0.2) is 5.16 Å². The Balaban J connectivity index is 1.49. The van der Waals surface area contributed by atoms with Crippen LogP contribution in [0.1, 0.15) is 35.0 Å². The first kappa shape index (κ1) is 19.7. The zero-order valence-electron chi connectivity index (χ0n) is 16.4. The first-order valence-electron chi connectivity index (χ1n) is 9.88. The highest BCUT2D eigenvalue weighted by Crippen LogP contribution is 2.31. The van der Waals surface area contributed by atoms with Gasteiger partial charge in [-0.1, -0.05) is 60.3 Å². The number of hydrogen-bond acceptors (Lipinski definition) is 4. The van der Waals surface area contributed by atoms with Crippen LogP contribution in [0.4, 0.5) is 0 Å². The average Bonchev–Trinajstić information content (AvgIpc) is 3.23. The Kier molecular flexibility index (Phi) is 6.02. The molecule has 1 aliphatic heterocycles. The van der Waals surface area contributed by atoms with Crippen molar-refractivity contribution in [2.75, 3.05) is 19.3 Å². The highest BCUT2D eigenvalue weighted by molar-refractivity contribution is 7.98. The summed E-state index contributed by atoms with van der Waals surface area (Å²) in [5.74, 6) is 0.163. The van der Waals surface area contributed by atoms with Crippen LogP contribution < -0.4 is 0 Å². The molecule has 2 heterocycles. The number of rotatable bonds is 5. The minimum absolute atomic E-state index is 0.00527. The van der Waals surface area contributed by atoms with E-state index in [1.165, 1.54) is 11.8 Å². The minimum Gasteiger partial charge on any atom is -0.388 e. The fraction of sp³-hybridized carbons (Fsp3) is 0.304. The summed E-state index contributed by atoms with van der Waals surface area (Å²) in [6, 6.07) is 19.6. The van der Waals surface area contributed by atoms with Crippen molar-refractivity contribution in [2.24, 2.45) is 5.92 Å². The molecule has 6 heteroatoms. The van der Waals surface area contributed by atoms with Crippen LogP contribution >= 0.6 is 11.8 Å². The van der Waals surface area contributed by atoms with Crippen molar-refractivity contribution in [2.45, 2.75) is 24.1 Å². The van der Waals surface area contributed by atoms with Gasteiger partial charge in [-0.3, -0.25) is 9.36 Å². The molecule has 5 nitrogen and oxygen atoms in total. The van der Waals surface area contributed by atoms with Crippen LogP contribution in [0, 0.1) is 5.92 Å². The number of hydrogen-bond donors (Lipinski definition) is 1. The number of thioether (sulfide) groups is 1. The van der Waals surface area contributed by atoms with Gasteiger partial charge < -0.3 is 10.0 Å². The molecule has 2 aromatic carbocycles. The summed E-state index contributed by atoms with van der Waals surface area (Å²) in [5.41, 5.74) is 2.47. The predicted octanol–water partition coefficient (Wildman–Crippen LogP) is 4.18. The van der Waals surface area contributed by atoms with Gasteiger partial charge in [0.1, 0.15) is 5.69 Å². The van der Waals surface area contributed by atoms with Gasteiger partial charge in [-0.2, -0.15) is 0 Å². The minimum atomic E-state index is -0.480. The molecule has 0 unspecified atom stereocenters. The molecule has 0 saturated carbocycles. The molecule has 1 aromatic heterocycles. The molecule has 29 heavy (non-hydrogen) atoms. The smallest absolute Gasteiger partial charge is 0.272 e. The third-order valence-corrected chi connectivity index (χ3v) is 6.21. The Morgan fingerprint density at radius 2 is 1.69 bits per heavy atom. The van der Waals surface area contributed by atoms with Crippen molar-refractivity contribution in [1.29, 1.82) is 0 Å². The van der Waals surface area contributed by atoms with Crippen molar-refractivity contribution in [3.8, 4) is 5.69 Å². The Labute approximate surface area is 175 Å². The summed E-state index contributed by atoms with van der Waals surface area (Å²) in [6.45, 7) is 1.28. The SMILES string of the molecule is CSc1ncc(C(=O)N2CCC([C@H](O)c3ccccc3)CC2)n1-c1ccccc1. The van der Waals surface area contributed by atoms with E-state index < -0.39 is 6.10 Å². The molecule has 1 aliphatic rings. The number of nitrogens with zero attached hydrogens (tertiary/aromatic N) is 3. The van der Waals surface area contributed by atoms with Crippen LogP contribution in [-0.2, 0) is 0 Å². The number of aliphatic hydroxyl groups excluding tert-OH is 1. The summed E-state index contributed by atoms with van der Waals surface area (Å²) in [4.78, 5) is 19.6. The van der Waals surface area contributed by atoms with E-state index in [2.05, 4.69) is 4.98 Å². The van der Waals surface area contributed by atoms with Crippen LogP contribution in [0.25, 0.3) is 5.69 Å². The molecule has 1 fully saturated rings. The number of likely N-dealkylation sites (tertiary alicyclic amines) is 1. The number of aromatic nitrogens is 2. The number of piperidine rings is 1. The van der Waals surface area contributed by atoms with Gasteiger partial charge in [0.05, 0.1) is 12.3 Å². The molecule has 1 amide bonds. The van der Waals surface area contributed by atoms with E-state index >= 15 is 0 Å². The van der Waals surface area contributed by atoms with Crippen molar-refractivity contribution < 1.29 is 9.90 Å². The predicted molar refractivity (Wildman–Crippen MR) is 115 cm³/mol. The summed E-state index contributed by atoms with van der Waals surface area (Å²) in [5, 5.41) is 11.5. The highest BCUT2D eigenvalue weighted by atomic mass is 32.2. The fourth-order valence-corrected chi connectivity index (χ4v) is 4.50. The van der Waals surface area contributed by atoms with Crippen LogP contribution in [0.2, 0.25) is 0 Å². The number of aliphatic hydroxyl groups is 1. The van der Waals surface area contributed by atoms with Crippen LogP contribution in [0.5, 0.6) is 0 Å². The molecule has 0 spiro atoms. The lowest BCUT2D eigenvalue weighted by molar-refractivity contribution is 0.0457. The zero-order chi connectivity index (χ0) is 20.2. The van der Waals surface area contributed by atoms with Crippen LogP contribution in [0.3, 0.4) is 0 Å². The number of imidazole rings is 1. The van der Waals surface area contributed by atoms with Gasteiger partial charge in [-0.25, -0.2) is 4.98 Å². The van der Waals surface area contributed by atoms with E-state index in [4.69, 9.17) is 0 Å². The quantitative estimate of drug-likeness (QED) is 0.645. The van der Waals surface area contributed by atoms with E-state index in [9.17, 15) is 9.90 Å². The van der Waals surface area contributed by atoms with Gasteiger partial charge in [-0.15, -0.1) is 0 Å². The van der Waals surface area contributed by atoms with E-state index in [-0.39, 0.29) is 11.8 Å². The van der Waals surface area contributed by atoms with Gasteiger partial charge in [-0.05, 0) is 42.7 Å². The second-order valence-corrected chi connectivity index (χ2v) is 8.06.